The van der Waals surface area contributed by atoms with Crippen LogP contribution in [0.25, 0.3) is 0 Å². The van der Waals surface area contributed by atoms with Gasteiger partial charge >= 0.3 is 6.03 Å². The van der Waals surface area contributed by atoms with Crippen molar-refractivity contribution in [3.05, 3.63) is 35.6 Å². The monoisotopic (exact) mass is 335 g/mol. The van der Waals surface area contributed by atoms with Crippen molar-refractivity contribution in [2.75, 3.05) is 32.8 Å². The molecule has 0 unspecified atom stereocenters. The zero-order chi connectivity index (χ0) is 17.2. The molecule has 1 aromatic carbocycles. The summed E-state index contributed by atoms with van der Waals surface area (Å²) in [6.45, 7) is 8.11. The number of ether oxygens (including phenoxy) is 1. The summed E-state index contributed by atoms with van der Waals surface area (Å²) in [5.41, 5.74) is 1.09. The topological polar surface area (TPSA) is 53.6 Å². The van der Waals surface area contributed by atoms with Crippen LogP contribution >= 0.6 is 0 Å². The highest BCUT2D eigenvalue weighted by Crippen LogP contribution is 2.40. The van der Waals surface area contributed by atoms with Crippen molar-refractivity contribution in [1.82, 2.24) is 15.5 Å². The summed E-state index contributed by atoms with van der Waals surface area (Å²) in [6.07, 6.45) is 0.912. The van der Waals surface area contributed by atoms with E-state index in [1.165, 1.54) is 12.1 Å². The van der Waals surface area contributed by atoms with E-state index < -0.39 is 0 Å². The van der Waals surface area contributed by atoms with Crippen LogP contribution in [0.1, 0.15) is 31.7 Å². The number of nitrogens with one attached hydrogen (secondary N) is 2. The molecule has 2 aliphatic rings. The predicted octanol–water partition coefficient (Wildman–Crippen LogP) is 2.09. The minimum Gasteiger partial charge on any atom is -0.378 e. The van der Waals surface area contributed by atoms with E-state index in [0.29, 0.717) is 12.5 Å². The molecule has 2 amide bonds. The number of amides is 2. The predicted molar refractivity (Wildman–Crippen MR) is 90.6 cm³/mol. The van der Waals surface area contributed by atoms with Gasteiger partial charge in [0.05, 0.1) is 13.2 Å². The molecule has 2 fully saturated rings. The average Bonchev–Trinajstić information content (AvgIpc) is 3.28. The SMILES string of the molecule is CC1(C)COCCN1CCNC(=O)N[C@@H]1C[C@H]1c1ccc(F)cc1. The van der Waals surface area contributed by atoms with Gasteiger partial charge in [-0.05, 0) is 38.0 Å². The zero-order valence-corrected chi connectivity index (χ0v) is 14.3. The van der Waals surface area contributed by atoms with Gasteiger partial charge in [-0.2, -0.15) is 0 Å². The molecule has 1 aliphatic heterocycles. The first-order valence-corrected chi connectivity index (χ1v) is 8.58. The normalized spacial score (nSPS) is 26.0. The van der Waals surface area contributed by atoms with Crippen molar-refractivity contribution in [1.29, 1.82) is 0 Å². The lowest BCUT2D eigenvalue weighted by molar-refractivity contribution is -0.0497. The van der Waals surface area contributed by atoms with E-state index in [9.17, 15) is 9.18 Å². The van der Waals surface area contributed by atoms with Crippen molar-refractivity contribution < 1.29 is 13.9 Å². The summed E-state index contributed by atoms with van der Waals surface area (Å²) >= 11 is 0. The van der Waals surface area contributed by atoms with E-state index in [1.807, 2.05) is 0 Å². The smallest absolute Gasteiger partial charge is 0.315 e. The summed E-state index contributed by atoms with van der Waals surface area (Å²) in [4.78, 5) is 14.3. The van der Waals surface area contributed by atoms with E-state index in [1.54, 1.807) is 12.1 Å². The van der Waals surface area contributed by atoms with Crippen molar-refractivity contribution in [3.8, 4) is 0 Å². The summed E-state index contributed by atoms with van der Waals surface area (Å²) in [7, 11) is 0. The van der Waals surface area contributed by atoms with E-state index >= 15 is 0 Å². The zero-order valence-electron chi connectivity index (χ0n) is 14.3. The van der Waals surface area contributed by atoms with Crippen LogP contribution in [0.3, 0.4) is 0 Å². The first-order valence-electron chi connectivity index (χ1n) is 8.58. The number of morpholine rings is 1. The molecule has 1 aliphatic carbocycles. The first kappa shape index (κ1) is 17.2. The minimum atomic E-state index is -0.229. The molecule has 132 valence electrons. The Kier molecular flexibility index (Phi) is 5.06. The molecule has 1 aromatic rings. The van der Waals surface area contributed by atoms with E-state index in [4.69, 9.17) is 4.74 Å². The number of urea groups is 1. The van der Waals surface area contributed by atoms with Crippen LogP contribution in [0.5, 0.6) is 0 Å². The maximum absolute atomic E-state index is 12.9. The van der Waals surface area contributed by atoms with Crippen LogP contribution in [0.15, 0.2) is 24.3 Å². The van der Waals surface area contributed by atoms with Crippen molar-refractivity contribution in [2.24, 2.45) is 0 Å². The molecule has 2 atom stereocenters. The molecule has 3 rings (SSSR count). The van der Waals surface area contributed by atoms with Gasteiger partial charge in [0.2, 0.25) is 0 Å². The molecule has 24 heavy (non-hydrogen) atoms. The highest BCUT2D eigenvalue weighted by atomic mass is 19.1. The number of benzene rings is 1. The molecular weight excluding hydrogens is 309 g/mol. The molecular formula is C18H26FN3O2. The van der Waals surface area contributed by atoms with Crippen LogP contribution in [0.4, 0.5) is 9.18 Å². The van der Waals surface area contributed by atoms with Crippen LogP contribution in [0.2, 0.25) is 0 Å². The second-order valence-electron chi connectivity index (χ2n) is 7.25. The average molecular weight is 335 g/mol. The molecule has 1 saturated carbocycles. The fourth-order valence-electron chi connectivity index (χ4n) is 3.26. The molecule has 5 nitrogen and oxygen atoms in total. The number of carbonyl (C=O) groups excluding carboxylic acids is 1. The Morgan fingerprint density at radius 1 is 1.38 bits per heavy atom. The van der Waals surface area contributed by atoms with Crippen molar-refractivity contribution >= 4 is 6.03 Å². The lowest BCUT2D eigenvalue weighted by Crippen LogP contribution is -2.55. The van der Waals surface area contributed by atoms with E-state index in [0.717, 1.165) is 38.3 Å². The molecule has 0 aromatic heterocycles. The van der Waals surface area contributed by atoms with Crippen molar-refractivity contribution in [2.45, 2.75) is 37.8 Å². The van der Waals surface area contributed by atoms with Crippen LogP contribution in [-0.4, -0.2) is 55.4 Å². The number of halogens is 1. The third-order valence-electron chi connectivity index (χ3n) is 4.89. The highest BCUT2D eigenvalue weighted by molar-refractivity contribution is 5.74. The Labute approximate surface area is 142 Å². The minimum absolute atomic E-state index is 0.0145. The number of nitrogens with zero attached hydrogens (tertiary/aromatic N) is 1. The Hall–Kier alpha value is -1.66. The van der Waals surface area contributed by atoms with Crippen LogP contribution in [0, 0.1) is 5.82 Å². The Morgan fingerprint density at radius 3 is 2.83 bits per heavy atom. The molecule has 0 spiro atoms. The Bertz CT molecular complexity index is 576. The van der Waals surface area contributed by atoms with Gasteiger partial charge in [-0.1, -0.05) is 12.1 Å². The second-order valence-corrected chi connectivity index (χ2v) is 7.25. The fourth-order valence-corrected chi connectivity index (χ4v) is 3.26. The molecule has 0 radical (unpaired) electrons. The number of hydrogen-bond acceptors (Lipinski definition) is 3. The highest BCUT2D eigenvalue weighted by Gasteiger charge is 2.39. The summed E-state index contributed by atoms with van der Waals surface area (Å²) in [6, 6.07) is 6.54. The quantitative estimate of drug-likeness (QED) is 0.866. The third kappa shape index (κ3) is 4.24. The van der Waals surface area contributed by atoms with Gasteiger partial charge in [0.15, 0.2) is 0 Å². The molecule has 1 heterocycles. The third-order valence-corrected chi connectivity index (χ3v) is 4.89. The van der Waals surface area contributed by atoms with Gasteiger partial charge in [-0.25, -0.2) is 9.18 Å². The van der Waals surface area contributed by atoms with Gasteiger partial charge in [-0.3, -0.25) is 4.90 Å². The van der Waals surface area contributed by atoms with Crippen LogP contribution in [-0.2, 0) is 4.74 Å². The van der Waals surface area contributed by atoms with Gasteiger partial charge in [0.1, 0.15) is 5.82 Å². The van der Waals surface area contributed by atoms with Gasteiger partial charge in [0, 0.05) is 37.1 Å². The maximum Gasteiger partial charge on any atom is 0.315 e. The van der Waals surface area contributed by atoms with Gasteiger partial charge < -0.3 is 15.4 Å². The Morgan fingerprint density at radius 2 is 2.12 bits per heavy atom. The summed E-state index contributed by atoms with van der Waals surface area (Å²) < 4.78 is 18.4. The first-order chi connectivity index (χ1) is 11.5. The lowest BCUT2D eigenvalue weighted by atomic mass is 10.0. The maximum atomic E-state index is 12.9. The van der Waals surface area contributed by atoms with Gasteiger partial charge in [0.25, 0.3) is 0 Å². The standard InChI is InChI=1S/C18H26FN3O2/c1-18(2)12-24-10-9-22(18)8-7-20-17(23)21-16-11-15(16)13-3-5-14(19)6-4-13/h3-6,15-16H,7-12H2,1-2H3,(H2,20,21,23)/t15-,16+/m0/s1. The molecule has 0 bridgehead atoms. The summed E-state index contributed by atoms with van der Waals surface area (Å²) in [5.74, 6) is 0.0715. The van der Waals surface area contributed by atoms with Gasteiger partial charge in [-0.15, -0.1) is 0 Å². The summed E-state index contributed by atoms with van der Waals surface area (Å²) in [5, 5.41) is 5.92. The molecule has 2 N–H and O–H groups in total. The van der Waals surface area contributed by atoms with Crippen LogP contribution < -0.4 is 10.6 Å². The lowest BCUT2D eigenvalue weighted by Gasteiger charge is -2.42. The number of hydrogen-bond donors (Lipinski definition) is 2. The van der Waals surface area contributed by atoms with E-state index in [-0.39, 0.29) is 23.4 Å². The van der Waals surface area contributed by atoms with E-state index in [2.05, 4.69) is 29.4 Å². The number of rotatable bonds is 5. The fraction of sp³-hybridized carbons (Fsp3) is 0.611. The number of carbonyl (C=O) groups is 1. The largest absolute Gasteiger partial charge is 0.378 e. The Balaban J connectivity index is 1.37. The molecule has 1 saturated heterocycles. The van der Waals surface area contributed by atoms with Crippen molar-refractivity contribution in [3.63, 3.8) is 0 Å². The molecule has 6 heteroatoms. The second kappa shape index (κ2) is 7.07.